The van der Waals surface area contributed by atoms with Crippen molar-refractivity contribution >= 4 is 6.09 Å². The molecule has 1 N–H and O–H groups in total. The summed E-state index contributed by atoms with van der Waals surface area (Å²) in [6.07, 6.45) is 5.18. The standard InChI is InChI=1S/C25H35NO5/c1-5-6-7-10-26-24(27)29-14-25-13-28-23(22(18(25)4)16(2)11-17(25)3)19-8-9-20-21(12-19)31-15-30-20/h8-9,11-12,17-18,22-23H,5-7,10,13-15H2,1-4H3,(H,26,27)/t17-,18+,22+,23+,25-/m0/s1. The summed E-state index contributed by atoms with van der Waals surface area (Å²) in [5, 5.41) is 2.88. The number of ether oxygens (including phenoxy) is 4. The van der Waals surface area contributed by atoms with Gasteiger partial charge in [0.2, 0.25) is 6.79 Å². The highest BCUT2D eigenvalue weighted by molar-refractivity contribution is 5.67. The average molecular weight is 430 g/mol. The molecule has 31 heavy (non-hydrogen) atoms. The third kappa shape index (κ3) is 4.14. The molecule has 1 aromatic rings. The van der Waals surface area contributed by atoms with Crippen LogP contribution in [0.15, 0.2) is 29.8 Å². The van der Waals surface area contributed by atoms with E-state index in [0.29, 0.717) is 25.7 Å². The number of allylic oxidation sites excluding steroid dienone is 1. The van der Waals surface area contributed by atoms with E-state index in [9.17, 15) is 4.79 Å². The van der Waals surface area contributed by atoms with Gasteiger partial charge in [-0.05, 0) is 42.9 Å². The van der Waals surface area contributed by atoms with Crippen molar-refractivity contribution in [3.05, 3.63) is 35.4 Å². The van der Waals surface area contributed by atoms with Crippen LogP contribution in [0.1, 0.15) is 58.6 Å². The minimum atomic E-state index is -0.328. The maximum atomic E-state index is 12.3. The van der Waals surface area contributed by atoms with Crippen LogP contribution in [0, 0.1) is 23.2 Å². The molecule has 1 fully saturated rings. The molecular formula is C25H35NO5. The van der Waals surface area contributed by atoms with E-state index < -0.39 is 0 Å². The van der Waals surface area contributed by atoms with E-state index in [2.05, 4.69) is 45.2 Å². The lowest BCUT2D eigenvalue weighted by atomic mass is 9.56. The number of fused-ring (bicyclic) bond motifs is 3. The average Bonchev–Trinajstić information content (AvgIpc) is 3.22. The molecule has 5 atom stereocenters. The minimum Gasteiger partial charge on any atom is -0.454 e. The Labute approximate surface area is 185 Å². The smallest absolute Gasteiger partial charge is 0.407 e. The van der Waals surface area contributed by atoms with Gasteiger partial charge in [-0.25, -0.2) is 4.79 Å². The number of hydrogen-bond acceptors (Lipinski definition) is 5. The van der Waals surface area contributed by atoms with Gasteiger partial charge in [0.25, 0.3) is 0 Å². The monoisotopic (exact) mass is 429 g/mol. The molecule has 2 aliphatic heterocycles. The predicted octanol–water partition coefficient (Wildman–Crippen LogP) is 5.24. The van der Waals surface area contributed by atoms with Gasteiger partial charge >= 0.3 is 6.09 Å². The third-order valence-electron chi connectivity index (χ3n) is 7.50. The molecule has 0 unspecified atom stereocenters. The number of rotatable bonds is 7. The molecule has 1 aliphatic carbocycles. The summed E-state index contributed by atoms with van der Waals surface area (Å²) in [4.78, 5) is 12.3. The Hall–Kier alpha value is -2.21. The quantitative estimate of drug-likeness (QED) is 0.474. The lowest BCUT2D eigenvalue weighted by Crippen LogP contribution is -2.54. The van der Waals surface area contributed by atoms with Gasteiger partial charge in [0.1, 0.15) is 6.61 Å². The molecule has 0 aromatic heterocycles. The van der Waals surface area contributed by atoms with Crippen LogP contribution >= 0.6 is 0 Å². The Morgan fingerprint density at radius 3 is 2.84 bits per heavy atom. The first-order valence-corrected chi connectivity index (χ1v) is 11.6. The summed E-state index contributed by atoms with van der Waals surface area (Å²) in [5.74, 6) is 2.36. The fraction of sp³-hybridized carbons (Fsp3) is 0.640. The number of carbonyl (C=O) groups is 1. The maximum absolute atomic E-state index is 12.3. The highest BCUT2D eigenvalue weighted by Gasteiger charge is 2.54. The maximum Gasteiger partial charge on any atom is 0.407 e. The normalized spacial score (nSPS) is 31.2. The topological polar surface area (TPSA) is 66.0 Å². The summed E-state index contributed by atoms with van der Waals surface area (Å²) in [6.45, 7) is 10.7. The molecule has 0 spiro atoms. The second-order valence-electron chi connectivity index (χ2n) is 9.30. The van der Waals surface area contributed by atoms with Gasteiger partial charge in [0.05, 0.1) is 12.7 Å². The van der Waals surface area contributed by atoms with E-state index in [4.69, 9.17) is 18.9 Å². The van der Waals surface area contributed by atoms with Crippen molar-refractivity contribution in [3.8, 4) is 11.5 Å². The first-order valence-electron chi connectivity index (χ1n) is 11.6. The lowest BCUT2D eigenvalue weighted by molar-refractivity contribution is -0.165. The second-order valence-corrected chi connectivity index (χ2v) is 9.30. The highest BCUT2D eigenvalue weighted by atomic mass is 16.7. The van der Waals surface area contributed by atoms with Crippen molar-refractivity contribution in [2.24, 2.45) is 23.2 Å². The summed E-state index contributed by atoms with van der Waals surface area (Å²) in [5.41, 5.74) is 2.21. The Morgan fingerprint density at radius 1 is 1.23 bits per heavy atom. The molecule has 6 heteroatoms. The summed E-state index contributed by atoms with van der Waals surface area (Å²) in [7, 11) is 0. The van der Waals surface area contributed by atoms with Gasteiger partial charge in [-0.3, -0.25) is 0 Å². The summed E-state index contributed by atoms with van der Waals surface area (Å²) < 4.78 is 23.3. The number of benzene rings is 1. The van der Waals surface area contributed by atoms with Crippen LogP contribution in [-0.2, 0) is 9.47 Å². The first-order chi connectivity index (χ1) is 15.0. The van der Waals surface area contributed by atoms with E-state index in [-0.39, 0.29) is 36.2 Å². The SMILES string of the molecule is CCCCCNC(=O)OC[C@@]12CO[C@H](c3ccc4c(c3)OCO4)[C@H](C(C)=C[C@@H]1C)[C@H]2C. The molecule has 1 amide bonds. The van der Waals surface area contributed by atoms with Crippen LogP contribution in [0.2, 0.25) is 0 Å². The minimum absolute atomic E-state index is 0.0516. The van der Waals surface area contributed by atoms with Crippen LogP contribution in [0.4, 0.5) is 4.79 Å². The molecule has 4 rings (SSSR count). The summed E-state index contributed by atoms with van der Waals surface area (Å²) >= 11 is 0. The zero-order chi connectivity index (χ0) is 22.0. The molecule has 2 heterocycles. The first kappa shape index (κ1) is 22.0. The number of carbonyl (C=O) groups excluding carboxylic acids is 1. The largest absolute Gasteiger partial charge is 0.454 e. The van der Waals surface area contributed by atoms with E-state index in [1.165, 1.54) is 5.57 Å². The fourth-order valence-electron chi connectivity index (χ4n) is 5.47. The number of nitrogens with one attached hydrogen (secondary N) is 1. The Morgan fingerprint density at radius 2 is 2.03 bits per heavy atom. The van der Waals surface area contributed by atoms with Crippen molar-refractivity contribution in [3.63, 3.8) is 0 Å². The van der Waals surface area contributed by atoms with Crippen LogP contribution in [0.5, 0.6) is 11.5 Å². The Kier molecular flexibility index (Phi) is 6.47. The number of alkyl carbamates (subject to hydrolysis) is 1. The van der Waals surface area contributed by atoms with E-state index >= 15 is 0 Å². The van der Waals surface area contributed by atoms with Crippen LogP contribution in [0.3, 0.4) is 0 Å². The van der Waals surface area contributed by atoms with Gasteiger partial charge in [0, 0.05) is 17.9 Å². The summed E-state index contributed by atoms with van der Waals surface area (Å²) in [6, 6.07) is 6.08. The predicted molar refractivity (Wildman–Crippen MR) is 118 cm³/mol. The molecule has 2 bridgehead atoms. The van der Waals surface area contributed by atoms with Crippen LogP contribution < -0.4 is 14.8 Å². The third-order valence-corrected chi connectivity index (χ3v) is 7.50. The second kappa shape index (κ2) is 9.11. The molecule has 1 aromatic carbocycles. The van der Waals surface area contributed by atoms with E-state index in [1.54, 1.807) is 0 Å². The molecule has 0 saturated carbocycles. The molecule has 6 nitrogen and oxygen atoms in total. The van der Waals surface area contributed by atoms with Crippen molar-refractivity contribution in [2.45, 2.75) is 53.1 Å². The fourth-order valence-corrected chi connectivity index (χ4v) is 5.47. The number of unbranched alkanes of at least 4 members (excludes halogenated alkanes) is 2. The molecule has 3 aliphatic rings. The Balaban J connectivity index is 1.48. The van der Waals surface area contributed by atoms with Crippen molar-refractivity contribution in [2.75, 3.05) is 26.6 Å². The van der Waals surface area contributed by atoms with Gasteiger partial charge in [-0.2, -0.15) is 0 Å². The molecule has 170 valence electrons. The zero-order valence-corrected chi connectivity index (χ0v) is 19.1. The van der Waals surface area contributed by atoms with Crippen molar-refractivity contribution < 1.29 is 23.7 Å². The zero-order valence-electron chi connectivity index (χ0n) is 19.1. The van der Waals surface area contributed by atoms with Gasteiger partial charge in [-0.15, -0.1) is 0 Å². The van der Waals surface area contributed by atoms with Gasteiger partial charge < -0.3 is 24.3 Å². The van der Waals surface area contributed by atoms with Gasteiger partial charge in [-0.1, -0.05) is 51.3 Å². The lowest BCUT2D eigenvalue weighted by Gasteiger charge is -2.55. The van der Waals surface area contributed by atoms with E-state index in [1.807, 2.05) is 12.1 Å². The highest BCUT2D eigenvalue weighted by Crippen LogP contribution is 2.56. The van der Waals surface area contributed by atoms with Crippen molar-refractivity contribution in [1.82, 2.24) is 5.32 Å². The van der Waals surface area contributed by atoms with Crippen molar-refractivity contribution in [1.29, 1.82) is 0 Å². The number of amides is 1. The van der Waals surface area contributed by atoms with E-state index in [0.717, 1.165) is 36.3 Å². The molecule has 0 radical (unpaired) electrons. The Bertz CT molecular complexity index is 837. The van der Waals surface area contributed by atoms with Gasteiger partial charge in [0.15, 0.2) is 11.5 Å². The number of hydrogen-bond donors (Lipinski definition) is 1. The van der Waals surface area contributed by atoms with Crippen LogP contribution in [-0.4, -0.2) is 32.6 Å². The van der Waals surface area contributed by atoms with Crippen LogP contribution in [0.25, 0.3) is 0 Å². The molecular weight excluding hydrogens is 394 g/mol. The molecule has 1 saturated heterocycles.